The van der Waals surface area contributed by atoms with Gasteiger partial charge in [0.25, 0.3) is 0 Å². The minimum absolute atomic E-state index is 0.0401. The molecule has 0 aromatic rings. The monoisotopic (exact) mass is 282 g/mol. The molecule has 3 heteroatoms. The highest BCUT2D eigenvalue weighted by molar-refractivity contribution is 7.99. The summed E-state index contributed by atoms with van der Waals surface area (Å²) < 4.78 is 6.10. The second-order valence-corrected chi connectivity index (χ2v) is 8.52. The molecule has 6 atom stereocenters. The number of hydrogen-bond acceptors (Lipinski definition) is 3. The molecule has 0 amide bonds. The first-order chi connectivity index (χ1) is 9.26. The van der Waals surface area contributed by atoms with E-state index < -0.39 is 0 Å². The molecule has 2 heterocycles. The van der Waals surface area contributed by atoms with Crippen LogP contribution in [0.4, 0.5) is 0 Å². The molecule has 2 saturated carbocycles. The molecule has 6 unspecified atom stereocenters. The summed E-state index contributed by atoms with van der Waals surface area (Å²) in [4.78, 5) is 0. The van der Waals surface area contributed by atoms with E-state index in [0.29, 0.717) is 11.8 Å². The quantitative estimate of drug-likeness (QED) is 0.844. The van der Waals surface area contributed by atoms with E-state index in [-0.39, 0.29) is 11.7 Å². The fourth-order valence-corrected chi connectivity index (χ4v) is 6.66. The Balaban J connectivity index is 1.43. The molecule has 0 aromatic heterocycles. The summed E-state index contributed by atoms with van der Waals surface area (Å²) in [5.74, 6) is 5.33. The van der Waals surface area contributed by atoms with Crippen LogP contribution < -0.4 is 0 Å². The largest absolute Gasteiger partial charge is 0.393 e. The standard InChI is InChI=1S/C16H26O2S/c17-15(14-8-11-1-2-12(14)7-11)13-3-5-18-16(9-13)4-6-19-10-16/h11-15,17H,1-10H2. The summed E-state index contributed by atoms with van der Waals surface area (Å²) in [7, 11) is 0. The molecule has 4 rings (SSSR count). The summed E-state index contributed by atoms with van der Waals surface area (Å²) in [6.45, 7) is 0.878. The molecular formula is C16H26O2S. The number of rotatable bonds is 2. The first-order valence-electron chi connectivity index (χ1n) is 8.15. The molecule has 4 aliphatic rings. The third kappa shape index (κ3) is 2.26. The average molecular weight is 282 g/mol. The Morgan fingerprint density at radius 2 is 2.16 bits per heavy atom. The number of fused-ring (bicyclic) bond motifs is 2. The Morgan fingerprint density at radius 1 is 1.21 bits per heavy atom. The normalized spacial score (nSPS) is 51.0. The molecule has 2 bridgehead atoms. The molecule has 2 saturated heterocycles. The van der Waals surface area contributed by atoms with Crippen molar-refractivity contribution in [3.05, 3.63) is 0 Å². The Hall–Kier alpha value is 0.270. The molecule has 0 radical (unpaired) electrons. The van der Waals surface area contributed by atoms with E-state index in [2.05, 4.69) is 0 Å². The highest BCUT2D eigenvalue weighted by Gasteiger charge is 2.48. The molecule has 2 nitrogen and oxygen atoms in total. The predicted molar refractivity (Wildman–Crippen MR) is 78.3 cm³/mol. The number of thioether (sulfide) groups is 1. The summed E-state index contributed by atoms with van der Waals surface area (Å²) in [6, 6.07) is 0. The molecular weight excluding hydrogens is 256 g/mol. The van der Waals surface area contributed by atoms with Gasteiger partial charge in [0.15, 0.2) is 0 Å². The van der Waals surface area contributed by atoms with Crippen molar-refractivity contribution in [1.82, 2.24) is 0 Å². The SMILES string of the molecule is OC(C1CCOC2(CCSC2)C1)C1CC2CCC1C2. The number of aliphatic hydroxyl groups excluding tert-OH is 1. The van der Waals surface area contributed by atoms with Crippen LogP contribution >= 0.6 is 11.8 Å². The van der Waals surface area contributed by atoms with Gasteiger partial charge in [-0.05, 0) is 67.9 Å². The molecule has 108 valence electrons. The number of aliphatic hydroxyl groups is 1. The van der Waals surface area contributed by atoms with E-state index in [1.54, 1.807) is 0 Å². The van der Waals surface area contributed by atoms with Crippen LogP contribution in [-0.2, 0) is 4.74 Å². The highest BCUT2D eigenvalue weighted by atomic mass is 32.2. The van der Waals surface area contributed by atoms with Crippen molar-refractivity contribution in [2.75, 3.05) is 18.1 Å². The molecule has 2 aliphatic heterocycles. The van der Waals surface area contributed by atoms with Gasteiger partial charge in [-0.2, -0.15) is 11.8 Å². The van der Waals surface area contributed by atoms with Gasteiger partial charge in [-0.3, -0.25) is 0 Å². The third-order valence-corrected chi connectivity index (χ3v) is 7.54. The van der Waals surface area contributed by atoms with Crippen LogP contribution in [0.3, 0.4) is 0 Å². The lowest BCUT2D eigenvalue weighted by Gasteiger charge is -2.42. The molecule has 0 aromatic carbocycles. The third-order valence-electron chi connectivity index (χ3n) is 6.31. The van der Waals surface area contributed by atoms with Gasteiger partial charge < -0.3 is 9.84 Å². The van der Waals surface area contributed by atoms with Crippen LogP contribution in [-0.4, -0.2) is 34.9 Å². The fourth-order valence-electron chi connectivity index (χ4n) is 5.28. The zero-order valence-electron chi connectivity index (χ0n) is 11.7. The Labute approximate surface area is 120 Å². The molecule has 19 heavy (non-hydrogen) atoms. The minimum Gasteiger partial charge on any atom is -0.393 e. The summed E-state index contributed by atoms with van der Waals surface area (Å²) in [6.07, 6.45) is 8.91. The van der Waals surface area contributed by atoms with Gasteiger partial charge in [0.1, 0.15) is 0 Å². The van der Waals surface area contributed by atoms with Crippen molar-refractivity contribution in [3.63, 3.8) is 0 Å². The van der Waals surface area contributed by atoms with Gasteiger partial charge in [-0.15, -0.1) is 0 Å². The Morgan fingerprint density at radius 3 is 2.84 bits per heavy atom. The van der Waals surface area contributed by atoms with Crippen LogP contribution in [0.5, 0.6) is 0 Å². The van der Waals surface area contributed by atoms with Gasteiger partial charge >= 0.3 is 0 Å². The van der Waals surface area contributed by atoms with Gasteiger partial charge in [-0.25, -0.2) is 0 Å². The van der Waals surface area contributed by atoms with Crippen LogP contribution in [0.15, 0.2) is 0 Å². The van der Waals surface area contributed by atoms with Gasteiger partial charge in [0.2, 0.25) is 0 Å². The summed E-state index contributed by atoms with van der Waals surface area (Å²) in [5.41, 5.74) is 0.131. The molecule has 1 spiro atoms. The van der Waals surface area contributed by atoms with E-state index in [1.807, 2.05) is 11.8 Å². The van der Waals surface area contributed by atoms with Crippen molar-refractivity contribution in [3.8, 4) is 0 Å². The zero-order valence-corrected chi connectivity index (χ0v) is 12.5. The van der Waals surface area contributed by atoms with Crippen LogP contribution in [0.25, 0.3) is 0 Å². The van der Waals surface area contributed by atoms with E-state index >= 15 is 0 Å². The average Bonchev–Trinajstić information content (AvgIpc) is 3.14. The zero-order chi connectivity index (χ0) is 12.9. The van der Waals surface area contributed by atoms with E-state index in [9.17, 15) is 5.11 Å². The van der Waals surface area contributed by atoms with Crippen molar-refractivity contribution in [1.29, 1.82) is 0 Å². The smallest absolute Gasteiger partial charge is 0.0783 e. The lowest BCUT2D eigenvalue weighted by Crippen LogP contribution is -2.45. The first-order valence-corrected chi connectivity index (χ1v) is 9.31. The van der Waals surface area contributed by atoms with Crippen LogP contribution in [0.2, 0.25) is 0 Å². The van der Waals surface area contributed by atoms with Crippen LogP contribution in [0.1, 0.15) is 44.9 Å². The number of hydrogen-bond donors (Lipinski definition) is 1. The van der Waals surface area contributed by atoms with Gasteiger partial charge in [0.05, 0.1) is 11.7 Å². The summed E-state index contributed by atoms with van der Waals surface area (Å²) in [5, 5.41) is 10.9. The summed E-state index contributed by atoms with van der Waals surface area (Å²) >= 11 is 2.03. The van der Waals surface area contributed by atoms with E-state index in [1.165, 1.54) is 37.9 Å². The van der Waals surface area contributed by atoms with Crippen LogP contribution in [0, 0.1) is 23.7 Å². The Kier molecular flexibility index (Phi) is 3.36. The first kappa shape index (κ1) is 13.0. The molecule has 2 aliphatic carbocycles. The lowest BCUT2D eigenvalue weighted by atomic mass is 9.74. The van der Waals surface area contributed by atoms with Gasteiger partial charge in [-0.1, -0.05) is 6.42 Å². The second kappa shape index (κ2) is 4.92. The minimum atomic E-state index is -0.0401. The van der Waals surface area contributed by atoms with E-state index in [0.717, 1.165) is 37.0 Å². The maximum atomic E-state index is 10.9. The maximum Gasteiger partial charge on any atom is 0.0783 e. The Bertz CT molecular complexity index is 340. The second-order valence-electron chi connectivity index (χ2n) is 7.42. The van der Waals surface area contributed by atoms with Crippen molar-refractivity contribution >= 4 is 11.8 Å². The highest BCUT2D eigenvalue weighted by Crippen LogP contribution is 2.52. The van der Waals surface area contributed by atoms with Crippen molar-refractivity contribution in [2.45, 2.75) is 56.7 Å². The lowest BCUT2D eigenvalue weighted by molar-refractivity contribution is -0.113. The fraction of sp³-hybridized carbons (Fsp3) is 1.00. The topological polar surface area (TPSA) is 29.5 Å². The maximum absolute atomic E-state index is 10.9. The van der Waals surface area contributed by atoms with Crippen molar-refractivity contribution < 1.29 is 9.84 Å². The van der Waals surface area contributed by atoms with Gasteiger partial charge in [0, 0.05) is 12.4 Å². The molecule has 4 fully saturated rings. The predicted octanol–water partition coefficient (Wildman–Crippen LogP) is 3.09. The molecule has 1 N–H and O–H groups in total. The number of ether oxygens (including phenoxy) is 1. The van der Waals surface area contributed by atoms with E-state index in [4.69, 9.17) is 4.74 Å². The van der Waals surface area contributed by atoms with Crippen molar-refractivity contribution in [2.24, 2.45) is 23.7 Å².